The fraction of sp³-hybridized carbons (Fsp3) is 0.167. The second kappa shape index (κ2) is 4.63. The molecular formula is C18H16N2O2. The quantitative estimate of drug-likeness (QED) is 0.875. The van der Waals surface area contributed by atoms with E-state index in [0.29, 0.717) is 5.76 Å². The van der Waals surface area contributed by atoms with Gasteiger partial charge in [-0.15, -0.1) is 0 Å². The number of anilines is 2. The monoisotopic (exact) mass is 292 g/mol. The molecule has 0 fully saturated rings. The number of rotatable bonds is 1. The van der Waals surface area contributed by atoms with E-state index in [1.165, 1.54) is 0 Å². The van der Waals surface area contributed by atoms with Crippen molar-refractivity contribution in [3.63, 3.8) is 0 Å². The van der Waals surface area contributed by atoms with Crippen LogP contribution in [0.1, 0.15) is 22.0 Å². The summed E-state index contributed by atoms with van der Waals surface area (Å²) in [5.41, 5.74) is 3.70. The number of carbonyl (C=O) groups excluding carboxylic acids is 1. The zero-order chi connectivity index (χ0) is 15.3. The number of hydrogen-bond acceptors (Lipinski definition) is 4. The number of nitrogens with zero attached hydrogens (tertiary/aromatic N) is 1. The smallest absolute Gasteiger partial charge is 0.189 e. The lowest BCUT2D eigenvalue weighted by Crippen LogP contribution is -2.28. The third kappa shape index (κ3) is 1.88. The summed E-state index contributed by atoms with van der Waals surface area (Å²) in [6, 6.07) is 13.6. The molecule has 4 nitrogen and oxygen atoms in total. The van der Waals surface area contributed by atoms with Gasteiger partial charge in [0, 0.05) is 37.5 Å². The van der Waals surface area contributed by atoms with Crippen LogP contribution < -0.4 is 15.0 Å². The van der Waals surface area contributed by atoms with Gasteiger partial charge in [-0.3, -0.25) is 4.79 Å². The fourth-order valence-corrected chi connectivity index (χ4v) is 2.93. The molecule has 4 rings (SSSR count). The molecule has 1 unspecified atom stereocenters. The van der Waals surface area contributed by atoms with Crippen LogP contribution in [0, 0.1) is 0 Å². The normalized spacial score (nSPS) is 18.2. The molecule has 2 aliphatic rings. The van der Waals surface area contributed by atoms with Crippen molar-refractivity contribution in [3.8, 4) is 5.75 Å². The molecule has 1 heterocycles. The predicted octanol–water partition coefficient (Wildman–Crippen LogP) is 3.38. The van der Waals surface area contributed by atoms with E-state index in [4.69, 9.17) is 4.74 Å². The van der Waals surface area contributed by atoms with Gasteiger partial charge in [-0.2, -0.15) is 0 Å². The third-order valence-electron chi connectivity index (χ3n) is 4.10. The minimum atomic E-state index is -0.105. The van der Waals surface area contributed by atoms with Crippen LogP contribution in [-0.4, -0.2) is 19.9 Å². The Kier molecular flexibility index (Phi) is 2.73. The van der Waals surface area contributed by atoms with Crippen LogP contribution in [0.15, 0.2) is 54.3 Å². The van der Waals surface area contributed by atoms with Crippen molar-refractivity contribution in [1.82, 2.24) is 0 Å². The summed E-state index contributed by atoms with van der Waals surface area (Å²) in [5, 5.41) is 3.48. The first kappa shape index (κ1) is 13.0. The van der Waals surface area contributed by atoms with Crippen LogP contribution in [0.4, 0.5) is 11.4 Å². The molecule has 22 heavy (non-hydrogen) atoms. The van der Waals surface area contributed by atoms with Gasteiger partial charge < -0.3 is 15.0 Å². The number of fused-ring (bicyclic) bond motifs is 4. The maximum absolute atomic E-state index is 12.2. The molecule has 1 N–H and O–H groups in total. The largest absolute Gasteiger partial charge is 0.457 e. The maximum atomic E-state index is 12.2. The van der Waals surface area contributed by atoms with E-state index >= 15 is 0 Å². The average Bonchev–Trinajstić information content (AvgIpc) is 2.53. The van der Waals surface area contributed by atoms with Gasteiger partial charge in [-0.05, 0) is 17.7 Å². The van der Waals surface area contributed by atoms with Gasteiger partial charge in [0.2, 0.25) is 0 Å². The number of nitrogens with one attached hydrogen (secondary N) is 1. The van der Waals surface area contributed by atoms with Crippen molar-refractivity contribution in [2.75, 3.05) is 24.3 Å². The van der Waals surface area contributed by atoms with Crippen molar-refractivity contribution in [2.24, 2.45) is 0 Å². The van der Waals surface area contributed by atoms with Crippen LogP contribution in [0.3, 0.4) is 0 Å². The second-order valence-corrected chi connectivity index (χ2v) is 5.75. The molecule has 0 spiro atoms. The molecule has 2 aromatic carbocycles. The van der Waals surface area contributed by atoms with Crippen molar-refractivity contribution >= 4 is 17.2 Å². The number of carbonyl (C=O) groups is 1. The lowest BCUT2D eigenvalue weighted by molar-refractivity contribution is 0.103. The first-order valence-electron chi connectivity index (χ1n) is 7.24. The zero-order valence-corrected chi connectivity index (χ0v) is 12.5. The first-order valence-corrected chi connectivity index (χ1v) is 7.24. The minimum absolute atomic E-state index is 0.00383. The van der Waals surface area contributed by atoms with Gasteiger partial charge in [-0.25, -0.2) is 0 Å². The Morgan fingerprint density at radius 1 is 1.14 bits per heavy atom. The van der Waals surface area contributed by atoms with Gasteiger partial charge in [-0.1, -0.05) is 24.3 Å². The van der Waals surface area contributed by atoms with Crippen LogP contribution in [0.5, 0.6) is 5.75 Å². The highest BCUT2D eigenvalue weighted by molar-refractivity contribution is 6.07. The number of ether oxygens (including phenoxy) is 1. The van der Waals surface area contributed by atoms with Crippen molar-refractivity contribution in [1.29, 1.82) is 0 Å². The Morgan fingerprint density at radius 2 is 1.95 bits per heavy atom. The highest BCUT2D eigenvalue weighted by Crippen LogP contribution is 2.43. The number of hydrogen-bond donors (Lipinski definition) is 1. The molecule has 2 aromatic rings. The van der Waals surface area contributed by atoms with E-state index in [1.807, 2.05) is 61.5 Å². The lowest BCUT2D eigenvalue weighted by Gasteiger charge is -2.33. The molecule has 0 amide bonds. The van der Waals surface area contributed by atoms with Crippen LogP contribution in [0.25, 0.3) is 0 Å². The summed E-state index contributed by atoms with van der Waals surface area (Å²) in [6.45, 7) is 0. The number of benzene rings is 2. The summed E-state index contributed by atoms with van der Waals surface area (Å²) in [5.74, 6) is 1.41. The second-order valence-electron chi connectivity index (χ2n) is 5.75. The van der Waals surface area contributed by atoms with E-state index in [1.54, 1.807) is 6.08 Å². The zero-order valence-electron chi connectivity index (χ0n) is 12.5. The number of ketones is 1. The Hall–Kier alpha value is -2.75. The van der Waals surface area contributed by atoms with Gasteiger partial charge in [0.15, 0.2) is 11.5 Å². The van der Waals surface area contributed by atoms with E-state index in [2.05, 4.69) is 5.32 Å². The van der Waals surface area contributed by atoms with Gasteiger partial charge in [0.1, 0.15) is 11.8 Å². The van der Waals surface area contributed by atoms with Gasteiger partial charge in [0.05, 0.1) is 5.69 Å². The average molecular weight is 292 g/mol. The topological polar surface area (TPSA) is 41.6 Å². The highest BCUT2D eigenvalue weighted by Gasteiger charge is 2.33. The minimum Gasteiger partial charge on any atom is -0.457 e. The molecule has 0 bridgehead atoms. The summed E-state index contributed by atoms with van der Waals surface area (Å²) in [4.78, 5) is 14.3. The maximum Gasteiger partial charge on any atom is 0.189 e. The summed E-state index contributed by atoms with van der Waals surface area (Å²) in [6.07, 6.45) is 1.59. The predicted molar refractivity (Wildman–Crippen MR) is 86.6 cm³/mol. The molecule has 110 valence electrons. The lowest BCUT2D eigenvalue weighted by atomic mass is 9.89. The molecule has 1 atom stereocenters. The van der Waals surface area contributed by atoms with Crippen molar-refractivity contribution in [2.45, 2.75) is 6.04 Å². The summed E-state index contributed by atoms with van der Waals surface area (Å²) >= 11 is 0. The van der Waals surface area contributed by atoms with E-state index in [0.717, 1.165) is 28.3 Å². The number of allylic oxidation sites excluding steroid dienone is 1. The Labute approximate surface area is 129 Å². The molecule has 0 saturated heterocycles. The van der Waals surface area contributed by atoms with Crippen LogP contribution in [0.2, 0.25) is 0 Å². The molecule has 0 saturated carbocycles. The molecule has 0 radical (unpaired) electrons. The standard InChI is InChI=1S/C18H16N2O2/c1-20(2)11-7-8-14-16(9-11)22-17-10-15(21)12-5-3-4-6-13(12)18(17)19-14/h3-10,18-19H,1-2H3. The first-order chi connectivity index (χ1) is 10.6. The Morgan fingerprint density at radius 3 is 2.77 bits per heavy atom. The van der Waals surface area contributed by atoms with E-state index in [9.17, 15) is 4.79 Å². The fourth-order valence-electron chi connectivity index (χ4n) is 2.93. The van der Waals surface area contributed by atoms with Crippen molar-refractivity contribution < 1.29 is 9.53 Å². The SMILES string of the molecule is CN(C)c1ccc2c(c1)OC1=CC(=O)c3ccccc3C1N2. The third-order valence-corrected chi connectivity index (χ3v) is 4.10. The molecule has 1 aliphatic carbocycles. The van der Waals surface area contributed by atoms with E-state index in [-0.39, 0.29) is 11.8 Å². The Bertz CT molecular complexity index is 808. The summed E-state index contributed by atoms with van der Waals surface area (Å²) < 4.78 is 6.01. The van der Waals surface area contributed by atoms with Crippen molar-refractivity contribution in [3.05, 3.63) is 65.4 Å². The van der Waals surface area contributed by atoms with E-state index < -0.39 is 0 Å². The molecule has 1 aliphatic heterocycles. The molecular weight excluding hydrogens is 276 g/mol. The van der Waals surface area contributed by atoms with Crippen LogP contribution in [-0.2, 0) is 0 Å². The molecule has 4 heteroatoms. The molecule has 0 aromatic heterocycles. The van der Waals surface area contributed by atoms with Gasteiger partial charge in [0.25, 0.3) is 0 Å². The highest BCUT2D eigenvalue weighted by atomic mass is 16.5. The Balaban J connectivity index is 1.80. The van der Waals surface area contributed by atoms with Crippen LogP contribution >= 0.6 is 0 Å². The summed E-state index contributed by atoms with van der Waals surface area (Å²) in [7, 11) is 3.97. The van der Waals surface area contributed by atoms with Gasteiger partial charge >= 0.3 is 0 Å².